The molecule has 0 saturated heterocycles. The van der Waals surface area contributed by atoms with Crippen LogP contribution in [0.2, 0.25) is 0 Å². The first-order valence-electron chi connectivity index (χ1n) is 6.50. The minimum absolute atomic E-state index is 0.251. The van der Waals surface area contributed by atoms with Gasteiger partial charge in [0.05, 0.1) is 25.4 Å². The average molecular weight is 271 g/mol. The van der Waals surface area contributed by atoms with Gasteiger partial charge in [0, 0.05) is 11.1 Å². The van der Waals surface area contributed by atoms with Crippen LogP contribution in [0.3, 0.4) is 0 Å². The van der Waals surface area contributed by atoms with Crippen LogP contribution in [-0.2, 0) is 4.74 Å². The van der Waals surface area contributed by atoms with Crippen molar-refractivity contribution in [2.75, 3.05) is 7.11 Å². The molecule has 0 atom stereocenters. The van der Waals surface area contributed by atoms with E-state index in [1.54, 1.807) is 25.3 Å². The van der Waals surface area contributed by atoms with Crippen molar-refractivity contribution in [3.63, 3.8) is 0 Å². The number of methoxy groups -OCH3 is 1. The fraction of sp³-hybridized carbons (Fsp3) is 0.294. The highest BCUT2D eigenvalue weighted by atomic mass is 16.5. The van der Waals surface area contributed by atoms with Crippen LogP contribution in [0.4, 0.5) is 0 Å². The van der Waals surface area contributed by atoms with Gasteiger partial charge in [-0.05, 0) is 24.1 Å². The van der Waals surface area contributed by atoms with Crippen molar-refractivity contribution < 1.29 is 9.53 Å². The normalized spacial score (nSPS) is 10.3. The molecule has 106 valence electrons. The topological polar surface area (TPSA) is 50.1 Å². The molecule has 1 aromatic carbocycles. The van der Waals surface area contributed by atoms with Gasteiger partial charge in [-0.25, -0.2) is 0 Å². The summed E-state index contributed by atoms with van der Waals surface area (Å²) in [5.74, 6) is 0.693. The van der Waals surface area contributed by atoms with Crippen molar-refractivity contribution in [2.45, 2.75) is 27.2 Å². The maximum absolute atomic E-state index is 10.7. The Morgan fingerprint density at radius 1 is 1.45 bits per heavy atom. The molecule has 0 unspecified atom stereocenters. The van der Waals surface area contributed by atoms with E-state index in [-0.39, 0.29) is 6.42 Å². The highest BCUT2D eigenvalue weighted by Crippen LogP contribution is 2.27. The Morgan fingerprint density at radius 2 is 2.10 bits per heavy atom. The Kier molecular flexibility index (Phi) is 8.45. The predicted molar refractivity (Wildman–Crippen MR) is 83.1 cm³/mol. The molecule has 3 heteroatoms. The molecule has 0 amide bonds. The third-order valence-electron chi connectivity index (χ3n) is 2.74. The first-order valence-corrected chi connectivity index (χ1v) is 6.50. The molecular weight excluding hydrogens is 250 g/mol. The lowest BCUT2D eigenvalue weighted by atomic mass is 9.95. The van der Waals surface area contributed by atoms with Crippen LogP contribution in [0.15, 0.2) is 30.5 Å². The largest absolute Gasteiger partial charge is 0.501 e. The summed E-state index contributed by atoms with van der Waals surface area (Å²) in [6.07, 6.45) is 2.71. The Labute approximate surface area is 121 Å². The fourth-order valence-corrected chi connectivity index (χ4v) is 1.71. The second kappa shape index (κ2) is 9.57. The number of nitriles is 1. The molecule has 1 rings (SSSR count). The molecule has 0 radical (unpaired) electrons. The second-order valence-corrected chi connectivity index (χ2v) is 3.74. The quantitative estimate of drug-likeness (QED) is 0.587. The van der Waals surface area contributed by atoms with Crippen molar-refractivity contribution >= 4 is 17.9 Å². The van der Waals surface area contributed by atoms with Crippen molar-refractivity contribution in [1.29, 1.82) is 5.26 Å². The number of carbonyl (C=O) groups excluding carboxylic acids is 1. The van der Waals surface area contributed by atoms with Gasteiger partial charge in [-0.2, -0.15) is 5.26 Å². The fourth-order valence-electron chi connectivity index (χ4n) is 1.71. The summed E-state index contributed by atoms with van der Waals surface area (Å²) in [5.41, 5.74) is 3.09. The zero-order valence-corrected chi connectivity index (χ0v) is 12.6. The number of hydrogen-bond acceptors (Lipinski definition) is 3. The number of benzene rings is 1. The van der Waals surface area contributed by atoms with Gasteiger partial charge in [-0.1, -0.05) is 38.6 Å². The molecule has 0 aliphatic heterocycles. The number of rotatable bonds is 5. The van der Waals surface area contributed by atoms with E-state index in [1.807, 2.05) is 26.8 Å². The van der Waals surface area contributed by atoms with Crippen LogP contribution in [0.25, 0.3) is 11.6 Å². The van der Waals surface area contributed by atoms with Crippen LogP contribution < -0.4 is 0 Å². The van der Waals surface area contributed by atoms with E-state index in [0.717, 1.165) is 23.0 Å². The van der Waals surface area contributed by atoms with Gasteiger partial charge in [-0.3, -0.25) is 4.79 Å². The van der Waals surface area contributed by atoms with Crippen molar-refractivity contribution in [1.82, 2.24) is 0 Å². The Balaban J connectivity index is 0.00000172. The molecule has 0 bridgehead atoms. The summed E-state index contributed by atoms with van der Waals surface area (Å²) >= 11 is 0. The van der Waals surface area contributed by atoms with E-state index in [4.69, 9.17) is 10.00 Å². The number of hydrogen-bond donors (Lipinski definition) is 0. The van der Waals surface area contributed by atoms with Crippen molar-refractivity contribution in [3.8, 4) is 6.07 Å². The van der Waals surface area contributed by atoms with Crippen molar-refractivity contribution in [3.05, 3.63) is 47.2 Å². The summed E-state index contributed by atoms with van der Waals surface area (Å²) in [6, 6.07) is 7.40. The van der Waals surface area contributed by atoms with Crippen LogP contribution in [0.1, 0.15) is 48.7 Å². The molecule has 0 saturated carbocycles. The van der Waals surface area contributed by atoms with E-state index in [0.29, 0.717) is 11.3 Å². The molecule has 0 heterocycles. The van der Waals surface area contributed by atoms with Crippen LogP contribution in [-0.4, -0.2) is 13.4 Å². The monoisotopic (exact) mass is 271 g/mol. The van der Waals surface area contributed by atoms with E-state index in [1.165, 1.54) is 0 Å². The predicted octanol–water partition coefficient (Wildman–Crippen LogP) is 4.46. The average Bonchev–Trinajstić information content (AvgIpc) is 2.53. The summed E-state index contributed by atoms with van der Waals surface area (Å²) in [4.78, 5) is 10.7. The molecule has 0 aliphatic rings. The lowest BCUT2D eigenvalue weighted by molar-refractivity contribution is 0.112. The summed E-state index contributed by atoms with van der Waals surface area (Å²) in [6.45, 7) is 9.55. The highest BCUT2D eigenvalue weighted by molar-refractivity contribution is 5.82. The third-order valence-corrected chi connectivity index (χ3v) is 2.74. The molecule has 1 aromatic rings. The maximum atomic E-state index is 10.7. The van der Waals surface area contributed by atoms with Crippen LogP contribution in [0.5, 0.6) is 0 Å². The van der Waals surface area contributed by atoms with Gasteiger partial charge in [0.2, 0.25) is 0 Å². The lowest BCUT2D eigenvalue weighted by Gasteiger charge is -2.12. The minimum Gasteiger partial charge on any atom is -0.501 e. The smallest absolute Gasteiger partial charge is 0.150 e. The zero-order chi connectivity index (χ0) is 15.5. The third kappa shape index (κ3) is 4.40. The number of carbonyl (C=O) groups is 1. The van der Waals surface area contributed by atoms with E-state index < -0.39 is 0 Å². The molecule has 20 heavy (non-hydrogen) atoms. The number of allylic oxidation sites excluding steroid dienone is 2. The van der Waals surface area contributed by atoms with Gasteiger partial charge < -0.3 is 4.74 Å². The number of nitrogens with zero attached hydrogens (tertiary/aromatic N) is 1. The molecule has 0 fully saturated rings. The second-order valence-electron chi connectivity index (χ2n) is 3.74. The molecule has 0 spiro atoms. The Hall–Kier alpha value is -2.34. The zero-order valence-electron chi connectivity index (χ0n) is 12.6. The van der Waals surface area contributed by atoms with E-state index >= 15 is 0 Å². The standard InChI is InChI=1S/C15H15NO2.C2H6/c1-4-13-9-12(10-17)5-6-15(13)14(7-8-16)11(2)18-3;1-2/h4-6,9-10H,1,7H2,2-3H3;1-2H3/b14-11+;. The summed E-state index contributed by atoms with van der Waals surface area (Å²) in [7, 11) is 1.57. The Bertz CT molecular complexity index is 536. The number of aldehydes is 1. The van der Waals surface area contributed by atoms with Crippen molar-refractivity contribution in [2.24, 2.45) is 0 Å². The molecule has 3 nitrogen and oxygen atoms in total. The number of ether oxygens (including phenoxy) is 1. The minimum atomic E-state index is 0.251. The highest BCUT2D eigenvalue weighted by Gasteiger charge is 2.10. The maximum Gasteiger partial charge on any atom is 0.150 e. The van der Waals surface area contributed by atoms with Gasteiger partial charge in [0.1, 0.15) is 6.29 Å². The lowest BCUT2D eigenvalue weighted by Crippen LogP contribution is -1.95. The first kappa shape index (κ1) is 17.7. The molecular formula is C17H21NO2. The Morgan fingerprint density at radius 3 is 2.55 bits per heavy atom. The summed E-state index contributed by atoms with van der Waals surface area (Å²) < 4.78 is 5.20. The van der Waals surface area contributed by atoms with Crippen LogP contribution >= 0.6 is 0 Å². The first-order chi connectivity index (χ1) is 9.67. The van der Waals surface area contributed by atoms with Gasteiger partial charge in [0.15, 0.2) is 0 Å². The molecule has 0 aliphatic carbocycles. The van der Waals surface area contributed by atoms with Crippen LogP contribution in [0, 0.1) is 11.3 Å². The van der Waals surface area contributed by atoms with Gasteiger partial charge in [-0.15, -0.1) is 0 Å². The SMILES string of the molecule is C=Cc1cc(C=O)ccc1/C(CC#N)=C(\C)OC.CC. The molecule has 0 aromatic heterocycles. The van der Waals surface area contributed by atoms with Gasteiger partial charge >= 0.3 is 0 Å². The van der Waals surface area contributed by atoms with E-state index in [2.05, 4.69) is 12.6 Å². The van der Waals surface area contributed by atoms with E-state index in [9.17, 15) is 4.79 Å². The molecule has 0 N–H and O–H groups in total. The van der Waals surface area contributed by atoms with Gasteiger partial charge in [0.25, 0.3) is 0 Å². The summed E-state index contributed by atoms with van der Waals surface area (Å²) in [5, 5.41) is 8.89.